The molecule has 1 rings (SSSR count). The van der Waals surface area contributed by atoms with Crippen molar-refractivity contribution in [1.82, 2.24) is 9.97 Å². The maximum atomic E-state index is 12.3. The zero-order chi connectivity index (χ0) is 14.8. The van der Waals surface area contributed by atoms with Crippen LogP contribution < -0.4 is 5.32 Å². The Labute approximate surface area is 115 Å². The molecule has 108 valence electrons. The molecule has 1 aromatic heterocycles. The van der Waals surface area contributed by atoms with E-state index in [9.17, 15) is 13.2 Å². The van der Waals surface area contributed by atoms with E-state index in [2.05, 4.69) is 15.3 Å². The Morgan fingerprint density at radius 1 is 1.21 bits per heavy atom. The molecule has 19 heavy (non-hydrogen) atoms. The molecule has 0 aliphatic carbocycles. The minimum absolute atomic E-state index is 0.0524. The molecule has 0 amide bonds. The lowest BCUT2D eigenvalue weighted by atomic mass is 10.2. The molecule has 1 N–H and O–H groups in total. The molecule has 0 aliphatic rings. The molecule has 3 nitrogen and oxygen atoms in total. The number of nitrogens with one attached hydrogen (secondary N) is 1. The first-order chi connectivity index (χ1) is 8.60. The molecular formula is C12H17ClF3N3. The van der Waals surface area contributed by atoms with E-state index in [0.29, 0.717) is 17.2 Å². The van der Waals surface area contributed by atoms with Crippen LogP contribution in [0.3, 0.4) is 0 Å². The van der Waals surface area contributed by atoms with E-state index < -0.39 is 18.6 Å². The van der Waals surface area contributed by atoms with Gasteiger partial charge >= 0.3 is 6.18 Å². The predicted molar refractivity (Wildman–Crippen MR) is 69.6 cm³/mol. The van der Waals surface area contributed by atoms with Crippen molar-refractivity contribution in [3.63, 3.8) is 0 Å². The van der Waals surface area contributed by atoms with Crippen molar-refractivity contribution in [2.24, 2.45) is 0 Å². The van der Waals surface area contributed by atoms with Gasteiger partial charge in [-0.05, 0) is 13.8 Å². The molecule has 0 saturated carbocycles. The number of hydrogen-bond donors (Lipinski definition) is 1. The van der Waals surface area contributed by atoms with Crippen molar-refractivity contribution in [1.29, 1.82) is 0 Å². The summed E-state index contributed by atoms with van der Waals surface area (Å²) >= 11 is 5.97. The number of hydrogen-bond acceptors (Lipinski definition) is 3. The molecule has 0 bridgehead atoms. The summed E-state index contributed by atoms with van der Waals surface area (Å²) in [7, 11) is 0. The predicted octanol–water partition coefficient (Wildman–Crippen LogP) is 4.31. The van der Waals surface area contributed by atoms with Gasteiger partial charge in [0.05, 0.1) is 6.42 Å². The van der Waals surface area contributed by atoms with Gasteiger partial charge in [-0.15, -0.1) is 0 Å². The Hall–Kier alpha value is -1.04. The Kier molecular flexibility index (Phi) is 5.01. The minimum Gasteiger partial charge on any atom is -0.367 e. The van der Waals surface area contributed by atoms with Gasteiger partial charge in [0.15, 0.2) is 0 Å². The summed E-state index contributed by atoms with van der Waals surface area (Å²) < 4.78 is 36.9. The summed E-state index contributed by atoms with van der Waals surface area (Å²) in [4.78, 5) is 8.34. The van der Waals surface area contributed by atoms with Crippen LogP contribution in [0.4, 0.5) is 19.0 Å². The second-order valence-corrected chi connectivity index (χ2v) is 5.22. The van der Waals surface area contributed by atoms with E-state index in [-0.39, 0.29) is 11.1 Å². The standard InChI is InChI=1S/C12H17ClF3N3/c1-6(2)10-18-9(13)8(4)11(19-10)17-7(3)5-12(14,15)16/h6-7H,5H2,1-4H3,(H,17,18,19). The van der Waals surface area contributed by atoms with Crippen molar-refractivity contribution < 1.29 is 13.2 Å². The molecule has 1 heterocycles. The van der Waals surface area contributed by atoms with Crippen molar-refractivity contribution in [2.45, 2.75) is 52.3 Å². The van der Waals surface area contributed by atoms with Crippen molar-refractivity contribution in [2.75, 3.05) is 5.32 Å². The highest BCUT2D eigenvalue weighted by atomic mass is 35.5. The Bertz CT molecular complexity index is 447. The fraction of sp³-hybridized carbons (Fsp3) is 0.667. The molecule has 0 radical (unpaired) electrons. The highest BCUT2D eigenvalue weighted by molar-refractivity contribution is 6.30. The summed E-state index contributed by atoms with van der Waals surface area (Å²) in [5, 5.41) is 3.01. The zero-order valence-corrected chi connectivity index (χ0v) is 12.0. The van der Waals surface area contributed by atoms with Gasteiger partial charge in [-0.25, -0.2) is 9.97 Å². The first kappa shape index (κ1) is 16.0. The Morgan fingerprint density at radius 2 is 1.79 bits per heavy atom. The second-order valence-electron chi connectivity index (χ2n) is 4.87. The minimum atomic E-state index is -4.21. The number of alkyl halides is 3. The number of anilines is 1. The van der Waals surface area contributed by atoms with Crippen LogP contribution in [-0.2, 0) is 0 Å². The lowest BCUT2D eigenvalue weighted by Gasteiger charge is -2.19. The lowest BCUT2D eigenvalue weighted by Crippen LogP contribution is -2.25. The van der Waals surface area contributed by atoms with Crippen LogP contribution in [0.5, 0.6) is 0 Å². The van der Waals surface area contributed by atoms with Crippen molar-refractivity contribution in [3.05, 3.63) is 16.5 Å². The average Bonchev–Trinajstić information content (AvgIpc) is 2.21. The largest absolute Gasteiger partial charge is 0.391 e. The molecule has 0 saturated heterocycles. The van der Waals surface area contributed by atoms with Crippen LogP contribution >= 0.6 is 11.6 Å². The van der Waals surface area contributed by atoms with E-state index in [1.54, 1.807) is 6.92 Å². The molecular weight excluding hydrogens is 279 g/mol. The van der Waals surface area contributed by atoms with Crippen LogP contribution in [0.1, 0.15) is 44.5 Å². The van der Waals surface area contributed by atoms with Gasteiger partial charge in [0.25, 0.3) is 0 Å². The molecule has 0 aliphatic heterocycles. The summed E-state index contributed by atoms with van der Waals surface area (Å²) in [6.45, 7) is 6.92. The molecule has 1 unspecified atom stereocenters. The lowest BCUT2D eigenvalue weighted by molar-refractivity contribution is -0.136. The summed E-state index contributed by atoms with van der Waals surface area (Å²) in [5.41, 5.74) is 0.556. The first-order valence-electron chi connectivity index (χ1n) is 5.97. The van der Waals surface area contributed by atoms with Gasteiger partial charge in [0, 0.05) is 17.5 Å². The maximum absolute atomic E-state index is 12.3. The van der Waals surface area contributed by atoms with Crippen molar-refractivity contribution >= 4 is 17.4 Å². The highest BCUT2D eigenvalue weighted by Gasteiger charge is 2.30. The van der Waals surface area contributed by atoms with Crippen LogP contribution in [0.2, 0.25) is 5.15 Å². The van der Waals surface area contributed by atoms with Gasteiger partial charge in [-0.2, -0.15) is 13.2 Å². The number of rotatable bonds is 4. The summed E-state index contributed by atoms with van der Waals surface area (Å²) in [5.74, 6) is 0.925. The normalized spacial score (nSPS) is 13.7. The van der Waals surface area contributed by atoms with E-state index in [0.717, 1.165) is 0 Å². The number of nitrogens with zero attached hydrogens (tertiary/aromatic N) is 2. The second kappa shape index (κ2) is 5.94. The molecule has 7 heteroatoms. The van der Waals surface area contributed by atoms with Gasteiger partial charge < -0.3 is 5.32 Å². The molecule has 0 fully saturated rings. The van der Waals surface area contributed by atoms with Crippen LogP contribution in [-0.4, -0.2) is 22.2 Å². The Morgan fingerprint density at radius 3 is 2.26 bits per heavy atom. The average molecular weight is 296 g/mol. The smallest absolute Gasteiger partial charge is 0.367 e. The quantitative estimate of drug-likeness (QED) is 0.841. The van der Waals surface area contributed by atoms with E-state index >= 15 is 0 Å². The third kappa shape index (κ3) is 4.86. The third-order valence-corrected chi connectivity index (χ3v) is 2.91. The van der Waals surface area contributed by atoms with Gasteiger partial charge in [-0.3, -0.25) is 0 Å². The molecule has 1 aromatic rings. The van der Waals surface area contributed by atoms with Crippen molar-refractivity contribution in [3.8, 4) is 0 Å². The number of aromatic nitrogens is 2. The van der Waals surface area contributed by atoms with E-state index in [4.69, 9.17) is 11.6 Å². The monoisotopic (exact) mass is 295 g/mol. The summed E-state index contributed by atoms with van der Waals surface area (Å²) in [6.07, 6.45) is -5.14. The van der Waals surface area contributed by atoms with E-state index in [1.807, 2.05) is 13.8 Å². The topological polar surface area (TPSA) is 37.8 Å². The molecule has 0 aromatic carbocycles. The van der Waals surface area contributed by atoms with Crippen LogP contribution in [0.15, 0.2) is 0 Å². The van der Waals surface area contributed by atoms with Gasteiger partial charge in [0.2, 0.25) is 0 Å². The van der Waals surface area contributed by atoms with Crippen LogP contribution in [0.25, 0.3) is 0 Å². The fourth-order valence-electron chi connectivity index (χ4n) is 1.54. The third-order valence-electron chi connectivity index (χ3n) is 2.54. The molecule has 1 atom stereocenters. The Balaban J connectivity index is 2.94. The fourth-order valence-corrected chi connectivity index (χ4v) is 1.71. The first-order valence-corrected chi connectivity index (χ1v) is 6.35. The van der Waals surface area contributed by atoms with Gasteiger partial charge in [-0.1, -0.05) is 25.4 Å². The summed E-state index contributed by atoms with van der Waals surface area (Å²) in [6, 6.07) is -0.773. The van der Waals surface area contributed by atoms with Gasteiger partial charge in [0.1, 0.15) is 16.8 Å². The van der Waals surface area contributed by atoms with E-state index in [1.165, 1.54) is 6.92 Å². The zero-order valence-electron chi connectivity index (χ0n) is 11.3. The molecule has 0 spiro atoms. The maximum Gasteiger partial charge on any atom is 0.391 e. The van der Waals surface area contributed by atoms with Crippen LogP contribution in [0, 0.1) is 6.92 Å². The number of halogens is 4. The SMILES string of the molecule is Cc1c(Cl)nc(C(C)C)nc1NC(C)CC(F)(F)F. The highest BCUT2D eigenvalue weighted by Crippen LogP contribution is 2.26.